The molecule has 2 N–H and O–H groups in total. The molecular formula is C22H19ClN4O. The molecular weight excluding hydrogens is 372 g/mol. The largest absolute Gasteiger partial charge is 0.384 e. The fourth-order valence-electron chi connectivity index (χ4n) is 3.66. The minimum atomic E-state index is -0.379. The van der Waals surface area contributed by atoms with E-state index in [1.807, 2.05) is 49.4 Å². The molecule has 2 heterocycles. The molecule has 0 unspecified atom stereocenters. The summed E-state index contributed by atoms with van der Waals surface area (Å²) in [5.74, 6) is 0.486. The van der Waals surface area contributed by atoms with E-state index >= 15 is 0 Å². The second-order valence-electron chi connectivity index (χ2n) is 6.74. The number of allylic oxidation sites excluding steroid dienone is 1. The lowest BCUT2D eigenvalue weighted by molar-refractivity contribution is 0.420. The first-order chi connectivity index (χ1) is 13.5. The number of hydrogen-bond acceptors (Lipinski definition) is 5. The van der Waals surface area contributed by atoms with Crippen molar-refractivity contribution in [1.82, 2.24) is 5.16 Å². The van der Waals surface area contributed by atoms with Crippen LogP contribution in [0, 0.1) is 18.3 Å². The molecule has 0 radical (unpaired) electrons. The zero-order valence-electron chi connectivity index (χ0n) is 15.6. The molecule has 1 aliphatic rings. The van der Waals surface area contributed by atoms with E-state index in [0.29, 0.717) is 22.3 Å². The molecule has 0 spiro atoms. The van der Waals surface area contributed by atoms with Gasteiger partial charge in [-0.2, -0.15) is 5.26 Å². The van der Waals surface area contributed by atoms with Crippen molar-refractivity contribution in [2.45, 2.75) is 26.2 Å². The normalized spacial score (nSPS) is 16.1. The van der Waals surface area contributed by atoms with E-state index in [2.05, 4.69) is 18.1 Å². The van der Waals surface area contributed by atoms with Crippen LogP contribution in [0.15, 0.2) is 64.4 Å². The first-order valence-corrected chi connectivity index (χ1v) is 9.43. The van der Waals surface area contributed by atoms with Gasteiger partial charge < -0.3 is 10.3 Å². The van der Waals surface area contributed by atoms with E-state index in [0.717, 1.165) is 28.9 Å². The summed E-state index contributed by atoms with van der Waals surface area (Å²) in [5.41, 5.74) is 11.4. The molecule has 6 heteroatoms. The Morgan fingerprint density at radius 2 is 2.00 bits per heavy atom. The van der Waals surface area contributed by atoms with Crippen molar-refractivity contribution in [1.29, 1.82) is 5.26 Å². The topological polar surface area (TPSA) is 79.1 Å². The van der Waals surface area contributed by atoms with Crippen LogP contribution in [0.5, 0.6) is 0 Å². The van der Waals surface area contributed by atoms with E-state index < -0.39 is 0 Å². The van der Waals surface area contributed by atoms with Crippen molar-refractivity contribution in [3.05, 3.63) is 87.3 Å². The molecule has 4 rings (SSSR count). The highest BCUT2D eigenvalue weighted by Gasteiger charge is 2.38. The van der Waals surface area contributed by atoms with Crippen molar-refractivity contribution in [3.63, 3.8) is 0 Å². The van der Waals surface area contributed by atoms with Crippen LogP contribution in [-0.4, -0.2) is 5.16 Å². The number of aryl methyl sites for hydroxylation is 2. The van der Waals surface area contributed by atoms with Crippen LogP contribution >= 0.6 is 11.6 Å². The molecule has 0 amide bonds. The number of nitrogens with two attached hydrogens (primary N) is 1. The zero-order chi connectivity index (χ0) is 19.8. The van der Waals surface area contributed by atoms with Gasteiger partial charge in [0.2, 0.25) is 5.88 Å². The number of rotatable bonds is 3. The molecule has 0 saturated heterocycles. The fraction of sp³-hybridized carbons (Fsp3) is 0.182. The van der Waals surface area contributed by atoms with E-state index in [4.69, 9.17) is 21.9 Å². The standard InChI is InChI=1S/C22H19ClN4O/c1-3-14-7-9-17(10-8-14)27-21(25)18(12-24)20(15-5-4-6-16(23)11-15)19-13(2)26-28-22(19)27/h4-11,20H,3,25H2,1-2H3/t20-/m0/s1. The molecule has 2 aromatic carbocycles. The Balaban J connectivity index is 1.94. The van der Waals surface area contributed by atoms with Crippen molar-refractivity contribution in [2.75, 3.05) is 4.90 Å². The van der Waals surface area contributed by atoms with Crippen LogP contribution < -0.4 is 10.6 Å². The minimum absolute atomic E-state index is 0.334. The summed E-state index contributed by atoms with van der Waals surface area (Å²) in [6, 6.07) is 17.8. The van der Waals surface area contributed by atoms with E-state index in [1.165, 1.54) is 5.56 Å². The fourth-order valence-corrected chi connectivity index (χ4v) is 3.86. The number of fused-ring (bicyclic) bond motifs is 1. The minimum Gasteiger partial charge on any atom is -0.384 e. The average molecular weight is 391 g/mol. The van der Waals surface area contributed by atoms with Gasteiger partial charge in [0.05, 0.1) is 34.5 Å². The van der Waals surface area contributed by atoms with Crippen molar-refractivity contribution < 1.29 is 4.52 Å². The van der Waals surface area contributed by atoms with Crippen LogP contribution in [0.2, 0.25) is 5.02 Å². The number of nitrogens with zero attached hydrogens (tertiary/aromatic N) is 3. The number of benzene rings is 2. The van der Waals surface area contributed by atoms with Gasteiger partial charge in [-0.1, -0.05) is 47.9 Å². The molecule has 5 nitrogen and oxygen atoms in total. The Labute approximate surface area is 168 Å². The number of anilines is 2. The highest BCUT2D eigenvalue weighted by molar-refractivity contribution is 6.30. The van der Waals surface area contributed by atoms with Crippen LogP contribution in [0.25, 0.3) is 0 Å². The molecule has 0 saturated carbocycles. The Morgan fingerprint density at radius 1 is 1.25 bits per heavy atom. The quantitative estimate of drug-likeness (QED) is 0.666. The molecule has 0 fully saturated rings. The first kappa shape index (κ1) is 18.1. The summed E-state index contributed by atoms with van der Waals surface area (Å²) in [7, 11) is 0. The maximum atomic E-state index is 9.96. The second-order valence-corrected chi connectivity index (χ2v) is 7.18. The van der Waals surface area contributed by atoms with Gasteiger partial charge in [-0.25, -0.2) is 0 Å². The van der Waals surface area contributed by atoms with Crippen LogP contribution in [0.4, 0.5) is 11.6 Å². The number of hydrogen-bond donors (Lipinski definition) is 1. The molecule has 28 heavy (non-hydrogen) atoms. The van der Waals surface area contributed by atoms with Crippen LogP contribution in [0.1, 0.15) is 35.2 Å². The summed E-state index contributed by atoms with van der Waals surface area (Å²) in [6.07, 6.45) is 0.943. The third-order valence-electron chi connectivity index (χ3n) is 5.09. The Kier molecular flexibility index (Phi) is 4.58. The molecule has 1 aromatic heterocycles. The van der Waals surface area contributed by atoms with Gasteiger partial charge in [0.1, 0.15) is 5.82 Å². The highest BCUT2D eigenvalue weighted by atomic mass is 35.5. The SMILES string of the molecule is CCc1ccc(N2C(N)=C(C#N)[C@H](c3cccc(Cl)c3)c3c(C)noc32)cc1. The van der Waals surface area contributed by atoms with Gasteiger partial charge in [0.25, 0.3) is 0 Å². The predicted molar refractivity (Wildman–Crippen MR) is 109 cm³/mol. The summed E-state index contributed by atoms with van der Waals surface area (Å²) in [6.45, 7) is 3.97. The number of halogens is 1. The van der Waals surface area contributed by atoms with Crippen molar-refractivity contribution in [2.24, 2.45) is 5.73 Å². The van der Waals surface area contributed by atoms with Crippen molar-refractivity contribution in [3.8, 4) is 6.07 Å². The summed E-state index contributed by atoms with van der Waals surface area (Å²) in [5, 5.41) is 14.7. The summed E-state index contributed by atoms with van der Waals surface area (Å²) >= 11 is 6.21. The first-order valence-electron chi connectivity index (χ1n) is 9.05. The third-order valence-corrected chi connectivity index (χ3v) is 5.33. The predicted octanol–water partition coefficient (Wildman–Crippen LogP) is 5.18. The summed E-state index contributed by atoms with van der Waals surface area (Å²) < 4.78 is 5.67. The number of nitriles is 1. The smallest absolute Gasteiger partial charge is 0.241 e. The van der Waals surface area contributed by atoms with Gasteiger partial charge in [-0.15, -0.1) is 0 Å². The average Bonchev–Trinajstić information content (AvgIpc) is 3.08. The van der Waals surface area contributed by atoms with Gasteiger partial charge >= 0.3 is 0 Å². The molecule has 3 aromatic rings. The summed E-state index contributed by atoms with van der Waals surface area (Å²) in [4.78, 5) is 1.76. The van der Waals surface area contributed by atoms with E-state index in [1.54, 1.807) is 11.0 Å². The molecule has 0 aliphatic carbocycles. The van der Waals surface area contributed by atoms with E-state index in [9.17, 15) is 5.26 Å². The molecule has 0 bridgehead atoms. The second kappa shape index (κ2) is 7.06. The Bertz CT molecular complexity index is 1110. The molecule has 1 atom stereocenters. The lowest BCUT2D eigenvalue weighted by Gasteiger charge is -2.32. The van der Waals surface area contributed by atoms with Gasteiger partial charge in [0, 0.05) is 5.02 Å². The maximum absolute atomic E-state index is 9.96. The monoisotopic (exact) mass is 390 g/mol. The Hall–Kier alpha value is -3.23. The van der Waals surface area contributed by atoms with Crippen LogP contribution in [0.3, 0.4) is 0 Å². The number of aromatic nitrogens is 1. The Morgan fingerprint density at radius 3 is 2.64 bits per heavy atom. The molecule has 140 valence electrons. The van der Waals surface area contributed by atoms with Gasteiger partial charge in [0.15, 0.2) is 0 Å². The van der Waals surface area contributed by atoms with Gasteiger partial charge in [-0.3, -0.25) is 4.90 Å². The maximum Gasteiger partial charge on any atom is 0.241 e. The molecule has 1 aliphatic heterocycles. The third kappa shape index (κ3) is 2.83. The van der Waals surface area contributed by atoms with Crippen LogP contribution in [-0.2, 0) is 6.42 Å². The van der Waals surface area contributed by atoms with E-state index in [-0.39, 0.29) is 5.92 Å². The zero-order valence-corrected chi connectivity index (χ0v) is 16.4. The van der Waals surface area contributed by atoms with Gasteiger partial charge in [-0.05, 0) is 48.7 Å². The lowest BCUT2D eigenvalue weighted by Crippen LogP contribution is -2.31. The lowest BCUT2D eigenvalue weighted by atomic mass is 9.82. The van der Waals surface area contributed by atoms with Crippen molar-refractivity contribution >= 4 is 23.2 Å². The highest BCUT2D eigenvalue weighted by Crippen LogP contribution is 2.47.